The van der Waals surface area contributed by atoms with Gasteiger partial charge in [-0.3, -0.25) is 0 Å². The van der Waals surface area contributed by atoms with Crippen LogP contribution in [-0.2, 0) is 0 Å². The van der Waals surface area contributed by atoms with E-state index in [2.05, 4.69) is 20.4 Å². The van der Waals surface area contributed by atoms with Crippen molar-refractivity contribution in [2.24, 2.45) is 5.92 Å². The monoisotopic (exact) mass is 252 g/mol. The minimum absolute atomic E-state index is 0.462. The molecule has 2 atom stereocenters. The van der Waals surface area contributed by atoms with Gasteiger partial charge >= 0.3 is 0 Å². The molecule has 2 saturated heterocycles. The summed E-state index contributed by atoms with van der Waals surface area (Å²) >= 11 is 5.78. The highest BCUT2D eigenvalue weighted by Crippen LogP contribution is 2.30. The first kappa shape index (κ1) is 11.2. The van der Waals surface area contributed by atoms with E-state index >= 15 is 0 Å². The van der Waals surface area contributed by atoms with E-state index in [0.29, 0.717) is 11.2 Å². The zero-order valence-corrected chi connectivity index (χ0v) is 10.5. The maximum atomic E-state index is 5.78. The molecule has 2 unspecified atom stereocenters. The third kappa shape index (κ3) is 2.24. The molecule has 1 N–H and O–H groups in total. The predicted octanol–water partition coefficient (Wildman–Crippen LogP) is 1.71. The van der Waals surface area contributed by atoms with E-state index < -0.39 is 0 Å². The van der Waals surface area contributed by atoms with Crippen molar-refractivity contribution in [3.05, 3.63) is 17.3 Å². The van der Waals surface area contributed by atoms with E-state index in [9.17, 15) is 0 Å². The highest BCUT2D eigenvalue weighted by molar-refractivity contribution is 6.29. The summed E-state index contributed by atoms with van der Waals surface area (Å²) in [7, 11) is 0. The average molecular weight is 253 g/mol. The molecule has 0 aromatic carbocycles. The first-order valence-electron chi connectivity index (χ1n) is 6.31. The van der Waals surface area contributed by atoms with Gasteiger partial charge in [0.1, 0.15) is 0 Å². The standard InChI is InChI=1S/C12H17ClN4/c13-11-3-4-12(16-15-11)17-7-1-2-9-5-6-14-8-10(9)17/h3-4,9-10,14H,1-2,5-8H2. The first-order chi connectivity index (χ1) is 8.34. The van der Waals surface area contributed by atoms with Crippen molar-refractivity contribution >= 4 is 17.4 Å². The summed E-state index contributed by atoms with van der Waals surface area (Å²) in [5.41, 5.74) is 0. The normalized spacial score (nSPS) is 28.9. The Bertz CT molecular complexity index is 379. The van der Waals surface area contributed by atoms with Crippen LogP contribution < -0.4 is 10.2 Å². The molecule has 3 rings (SSSR count). The number of fused-ring (bicyclic) bond motifs is 1. The molecule has 0 saturated carbocycles. The van der Waals surface area contributed by atoms with E-state index in [-0.39, 0.29) is 0 Å². The van der Waals surface area contributed by atoms with Crippen LogP contribution in [0.1, 0.15) is 19.3 Å². The molecular formula is C12H17ClN4. The fraction of sp³-hybridized carbons (Fsp3) is 0.667. The highest BCUT2D eigenvalue weighted by Gasteiger charge is 2.33. The number of anilines is 1. The summed E-state index contributed by atoms with van der Waals surface area (Å²) in [5.74, 6) is 1.77. The van der Waals surface area contributed by atoms with Gasteiger partial charge < -0.3 is 10.2 Å². The van der Waals surface area contributed by atoms with Gasteiger partial charge in [-0.2, -0.15) is 0 Å². The first-order valence-corrected chi connectivity index (χ1v) is 6.69. The minimum Gasteiger partial charge on any atom is -0.351 e. The van der Waals surface area contributed by atoms with E-state index in [1.807, 2.05) is 12.1 Å². The second-order valence-electron chi connectivity index (χ2n) is 4.87. The molecule has 2 aliphatic heterocycles. The number of hydrogen-bond acceptors (Lipinski definition) is 4. The van der Waals surface area contributed by atoms with Gasteiger partial charge in [0.2, 0.25) is 0 Å². The molecule has 0 radical (unpaired) electrons. The maximum Gasteiger partial charge on any atom is 0.151 e. The van der Waals surface area contributed by atoms with Gasteiger partial charge in [0, 0.05) is 19.1 Å². The molecule has 0 aliphatic carbocycles. The summed E-state index contributed by atoms with van der Waals surface area (Å²) in [4.78, 5) is 2.39. The molecule has 2 aliphatic rings. The van der Waals surface area contributed by atoms with Crippen LogP contribution in [0.5, 0.6) is 0 Å². The maximum absolute atomic E-state index is 5.78. The Morgan fingerprint density at radius 3 is 3.06 bits per heavy atom. The molecule has 17 heavy (non-hydrogen) atoms. The molecule has 1 aromatic heterocycles. The Hall–Kier alpha value is -0.870. The Labute approximate surface area is 106 Å². The predicted molar refractivity (Wildman–Crippen MR) is 68.4 cm³/mol. The summed E-state index contributed by atoms with van der Waals surface area (Å²) < 4.78 is 0. The zero-order chi connectivity index (χ0) is 11.7. The van der Waals surface area contributed by atoms with Crippen LogP contribution in [0, 0.1) is 5.92 Å². The zero-order valence-electron chi connectivity index (χ0n) is 9.77. The number of nitrogens with zero attached hydrogens (tertiary/aromatic N) is 3. The molecule has 0 amide bonds. The SMILES string of the molecule is Clc1ccc(N2CCCC3CCNCC32)nn1. The second kappa shape index (κ2) is 4.78. The fourth-order valence-electron chi connectivity index (χ4n) is 3.03. The summed E-state index contributed by atoms with van der Waals surface area (Å²) in [6, 6.07) is 4.38. The van der Waals surface area contributed by atoms with Crippen LogP contribution in [0.4, 0.5) is 5.82 Å². The van der Waals surface area contributed by atoms with Crippen LogP contribution in [0.3, 0.4) is 0 Å². The number of hydrogen-bond donors (Lipinski definition) is 1. The highest BCUT2D eigenvalue weighted by atomic mass is 35.5. The van der Waals surface area contributed by atoms with Gasteiger partial charge in [0.05, 0.1) is 0 Å². The Balaban J connectivity index is 1.83. The lowest BCUT2D eigenvalue weighted by Gasteiger charge is -2.44. The van der Waals surface area contributed by atoms with E-state index in [1.54, 1.807) is 0 Å². The molecule has 1 aromatic rings. The minimum atomic E-state index is 0.462. The average Bonchev–Trinajstić information content (AvgIpc) is 2.39. The molecule has 4 nitrogen and oxygen atoms in total. The van der Waals surface area contributed by atoms with Crippen molar-refractivity contribution < 1.29 is 0 Å². The molecule has 92 valence electrons. The second-order valence-corrected chi connectivity index (χ2v) is 5.26. The topological polar surface area (TPSA) is 41.0 Å². The van der Waals surface area contributed by atoms with Gasteiger partial charge in [0.25, 0.3) is 0 Å². The summed E-state index contributed by atoms with van der Waals surface area (Å²) in [5, 5.41) is 12.1. The third-order valence-corrected chi connectivity index (χ3v) is 4.08. The quantitative estimate of drug-likeness (QED) is 0.826. The van der Waals surface area contributed by atoms with Crippen molar-refractivity contribution in [1.82, 2.24) is 15.5 Å². The van der Waals surface area contributed by atoms with E-state index in [0.717, 1.165) is 31.4 Å². The van der Waals surface area contributed by atoms with Crippen LogP contribution >= 0.6 is 11.6 Å². The molecular weight excluding hydrogens is 236 g/mol. The fourth-order valence-corrected chi connectivity index (χ4v) is 3.13. The Morgan fingerprint density at radius 2 is 2.24 bits per heavy atom. The van der Waals surface area contributed by atoms with Crippen LogP contribution in [0.15, 0.2) is 12.1 Å². The molecule has 3 heterocycles. The van der Waals surface area contributed by atoms with Crippen molar-refractivity contribution in [2.75, 3.05) is 24.5 Å². The van der Waals surface area contributed by atoms with Crippen LogP contribution in [-0.4, -0.2) is 35.9 Å². The summed E-state index contributed by atoms with van der Waals surface area (Å²) in [6.45, 7) is 3.30. The largest absolute Gasteiger partial charge is 0.351 e. The third-order valence-electron chi connectivity index (χ3n) is 3.88. The molecule has 2 fully saturated rings. The lowest BCUT2D eigenvalue weighted by Crippen LogP contribution is -2.54. The van der Waals surface area contributed by atoms with Gasteiger partial charge in [-0.1, -0.05) is 11.6 Å². The summed E-state index contributed by atoms with van der Waals surface area (Å²) in [6.07, 6.45) is 3.89. The van der Waals surface area contributed by atoms with Gasteiger partial charge in [-0.05, 0) is 43.9 Å². The van der Waals surface area contributed by atoms with Gasteiger partial charge in [0.15, 0.2) is 11.0 Å². The van der Waals surface area contributed by atoms with E-state index in [1.165, 1.54) is 19.3 Å². The van der Waals surface area contributed by atoms with Crippen molar-refractivity contribution in [1.29, 1.82) is 0 Å². The van der Waals surface area contributed by atoms with Crippen molar-refractivity contribution in [2.45, 2.75) is 25.3 Å². The smallest absolute Gasteiger partial charge is 0.151 e. The number of aromatic nitrogens is 2. The van der Waals surface area contributed by atoms with Crippen molar-refractivity contribution in [3.63, 3.8) is 0 Å². The number of nitrogens with one attached hydrogen (secondary N) is 1. The Kier molecular flexibility index (Phi) is 3.16. The number of rotatable bonds is 1. The molecule has 5 heteroatoms. The number of halogens is 1. The van der Waals surface area contributed by atoms with Gasteiger partial charge in [-0.15, -0.1) is 10.2 Å². The number of piperidine rings is 2. The molecule has 0 bridgehead atoms. The molecule has 0 spiro atoms. The van der Waals surface area contributed by atoms with Crippen LogP contribution in [0.2, 0.25) is 5.15 Å². The lowest BCUT2D eigenvalue weighted by atomic mass is 9.84. The Morgan fingerprint density at radius 1 is 1.29 bits per heavy atom. The lowest BCUT2D eigenvalue weighted by molar-refractivity contribution is 0.256. The van der Waals surface area contributed by atoms with E-state index in [4.69, 9.17) is 11.6 Å². The van der Waals surface area contributed by atoms with Crippen molar-refractivity contribution in [3.8, 4) is 0 Å². The van der Waals surface area contributed by atoms with Gasteiger partial charge in [-0.25, -0.2) is 0 Å². The van der Waals surface area contributed by atoms with Crippen LogP contribution in [0.25, 0.3) is 0 Å².